The molecule has 138 valence electrons. The molecule has 3 amide bonds. The zero-order valence-electron chi connectivity index (χ0n) is 14.5. The highest BCUT2D eigenvalue weighted by molar-refractivity contribution is 7.99. The van der Waals surface area contributed by atoms with Gasteiger partial charge in [0, 0.05) is 24.5 Å². The maximum Gasteiger partial charge on any atom is 0.324 e. The van der Waals surface area contributed by atoms with E-state index in [9.17, 15) is 14.4 Å². The van der Waals surface area contributed by atoms with Gasteiger partial charge in [-0.15, -0.1) is 11.3 Å². The molecule has 1 N–H and O–H groups in total. The summed E-state index contributed by atoms with van der Waals surface area (Å²) in [6, 6.07) is -0.348. The molecule has 0 spiro atoms. The number of urea groups is 1. The monoisotopic (exact) mass is 392 g/mol. The molecule has 4 rings (SSSR count). The number of aryl methyl sites for hydroxylation is 2. The molecule has 0 unspecified atom stereocenters. The summed E-state index contributed by atoms with van der Waals surface area (Å²) in [7, 11) is 0. The molecule has 0 bridgehead atoms. The molecule has 1 saturated heterocycles. The van der Waals surface area contributed by atoms with Gasteiger partial charge in [-0.3, -0.25) is 19.1 Å². The van der Waals surface area contributed by atoms with Crippen LogP contribution in [0.25, 0.3) is 10.2 Å². The summed E-state index contributed by atoms with van der Waals surface area (Å²) in [5, 5.41) is 3.96. The molecule has 0 radical (unpaired) electrons. The molecular weight excluding hydrogens is 372 g/mol. The third-order valence-electron chi connectivity index (χ3n) is 4.72. The molecule has 2 aliphatic rings. The molecule has 1 aliphatic carbocycles. The van der Waals surface area contributed by atoms with Crippen molar-refractivity contribution in [1.82, 2.24) is 19.8 Å². The normalized spacial score (nSPS) is 16.3. The fourth-order valence-electron chi connectivity index (χ4n) is 3.50. The molecule has 26 heavy (non-hydrogen) atoms. The van der Waals surface area contributed by atoms with Gasteiger partial charge in [-0.05, 0) is 31.2 Å². The molecule has 2 aromatic rings. The van der Waals surface area contributed by atoms with E-state index in [1.165, 1.54) is 27.1 Å². The summed E-state index contributed by atoms with van der Waals surface area (Å²) in [5.74, 6) is -0.156. The lowest BCUT2D eigenvalue weighted by Gasteiger charge is -2.14. The Labute approximate surface area is 158 Å². The SMILES string of the molecule is CCCn1c(SCC(=O)N2CCNC2=O)nc2sc3c(c2c1=O)CCC3. The fourth-order valence-corrected chi connectivity index (χ4v) is 5.71. The van der Waals surface area contributed by atoms with Gasteiger partial charge in [0.05, 0.1) is 11.1 Å². The standard InChI is InChI=1S/C17H20N4O3S2/c1-2-7-21-15(23)13-10-4-3-5-11(10)26-14(13)19-17(21)25-9-12(22)20-8-6-18-16(20)24/h2-9H2,1H3,(H,18,24). The number of nitrogens with one attached hydrogen (secondary N) is 1. The van der Waals surface area contributed by atoms with Crippen LogP contribution >= 0.6 is 23.1 Å². The van der Waals surface area contributed by atoms with Crippen molar-refractivity contribution in [2.24, 2.45) is 0 Å². The quantitative estimate of drug-likeness (QED) is 0.621. The average Bonchev–Trinajstić information content (AvgIpc) is 3.31. The zero-order valence-corrected chi connectivity index (χ0v) is 16.2. The van der Waals surface area contributed by atoms with Crippen molar-refractivity contribution in [3.05, 3.63) is 20.8 Å². The second kappa shape index (κ2) is 7.03. The first kappa shape index (κ1) is 17.5. The van der Waals surface area contributed by atoms with Gasteiger partial charge in [-0.25, -0.2) is 9.78 Å². The highest BCUT2D eigenvalue weighted by Gasteiger charge is 2.27. The van der Waals surface area contributed by atoms with Crippen molar-refractivity contribution >= 4 is 45.3 Å². The minimum absolute atomic E-state index is 0.00474. The molecule has 9 heteroatoms. The van der Waals surface area contributed by atoms with Gasteiger partial charge in [-0.2, -0.15) is 0 Å². The van der Waals surface area contributed by atoms with E-state index in [1.807, 2.05) is 6.92 Å². The molecule has 0 atom stereocenters. The number of nitrogens with zero attached hydrogens (tertiary/aromatic N) is 3. The van der Waals surface area contributed by atoms with Crippen LogP contribution in [0.15, 0.2) is 9.95 Å². The topological polar surface area (TPSA) is 84.3 Å². The Balaban J connectivity index is 1.65. The molecule has 0 saturated carbocycles. The molecular formula is C17H20N4O3S2. The number of rotatable bonds is 5. The number of hydrogen-bond acceptors (Lipinski definition) is 6. The average molecular weight is 393 g/mol. The molecule has 1 fully saturated rings. The summed E-state index contributed by atoms with van der Waals surface area (Å²) in [6.07, 6.45) is 3.89. The van der Waals surface area contributed by atoms with E-state index in [2.05, 4.69) is 5.32 Å². The van der Waals surface area contributed by atoms with Crippen LogP contribution in [-0.4, -0.2) is 45.2 Å². The molecule has 3 heterocycles. The predicted molar refractivity (Wildman–Crippen MR) is 102 cm³/mol. The lowest BCUT2D eigenvalue weighted by Crippen LogP contribution is -2.35. The maximum atomic E-state index is 13.1. The van der Waals surface area contributed by atoms with Crippen LogP contribution in [0.1, 0.15) is 30.2 Å². The number of carbonyl (C=O) groups excluding carboxylic acids is 2. The second-order valence-electron chi connectivity index (χ2n) is 6.45. The largest absolute Gasteiger partial charge is 0.336 e. The van der Waals surface area contributed by atoms with E-state index < -0.39 is 0 Å². The van der Waals surface area contributed by atoms with Crippen LogP contribution in [-0.2, 0) is 24.2 Å². The third-order valence-corrected chi connectivity index (χ3v) is 6.87. The lowest BCUT2D eigenvalue weighted by molar-refractivity contribution is -0.124. The molecule has 2 aromatic heterocycles. The van der Waals surface area contributed by atoms with Gasteiger partial charge in [0.1, 0.15) is 4.83 Å². The maximum absolute atomic E-state index is 13.1. The van der Waals surface area contributed by atoms with Gasteiger partial charge in [0.25, 0.3) is 5.56 Å². The number of hydrogen-bond donors (Lipinski definition) is 1. The Kier molecular flexibility index (Phi) is 4.74. The summed E-state index contributed by atoms with van der Waals surface area (Å²) in [5.41, 5.74) is 1.18. The Morgan fingerprint density at radius 2 is 2.19 bits per heavy atom. The Morgan fingerprint density at radius 3 is 2.92 bits per heavy atom. The van der Waals surface area contributed by atoms with Crippen molar-refractivity contribution in [3.63, 3.8) is 0 Å². The van der Waals surface area contributed by atoms with Crippen molar-refractivity contribution < 1.29 is 9.59 Å². The molecule has 7 nitrogen and oxygen atoms in total. The van der Waals surface area contributed by atoms with Gasteiger partial charge < -0.3 is 5.32 Å². The second-order valence-corrected chi connectivity index (χ2v) is 8.48. The van der Waals surface area contributed by atoms with Crippen LogP contribution in [0.4, 0.5) is 4.79 Å². The number of aromatic nitrogens is 2. The van der Waals surface area contributed by atoms with Crippen LogP contribution in [0.5, 0.6) is 0 Å². The predicted octanol–water partition coefficient (Wildman–Crippen LogP) is 2.00. The smallest absolute Gasteiger partial charge is 0.324 e. The number of amides is 3. The minimum atomic E-state index is -0.348. The third kappa shape index (κ3) is 2.92. The Hall–Kier alpha value is -1.87. The molecule has 1 aliphatic heterocycles. The van der Waals surface area contributed by atoms with E-state index in [0.29, 0.717) is 24.8 Å². The summed E-state index contributed by atoms with van der Waals surface area (Å²) < 4.78 is 1.69. The summed E-state index contributed by atoms with van der Waals surface area (Å²) in [6.45, 7) is 3.47. The van der Waals surface area contributed by atoms with Gasteiger partial charge >= 0.3 is 6.03 Å². The number of imide groups is 1. The first-order valence-corrected chi connectivity index (χ1v) is 10.7. The Morgan fingerprint density at radius 1 is 1.35 bits per heavy atom. The van der Waals surface area contributed by atoms with Crippen LogP contribution in [0.3, 0.4) is 0 Å². The number of fused-ring (bicyclic) bond motifs is 3. The molecule has 0 aromatic carbocycles. The summed E-state index contributed by atoms with van der Waals surface area (Å²) >= 11 is 2.85. The van der Waals surface area contributed by atoms with Crippen molar-refractivity contribution in [3.8, 4) is 0 Å². The minimum Gasteiger partial charge on any atom is -0.336 e. The number of thiophene rings is 1. The fraction of sp³-hybridized carbons (Fsp3) is 0.529. The summed E-state index contributed by atoms with van der Waals surface area (Å²) in [4.78, 5) is 45.0. The van der Waals surface area contributed by atoms with E-state index >= 15 is 0 Å². The first-order chi connectivity index (χ1) is 12.6. The highest BCUT2D eigenvalue weighted by Crippen LogP contribution is 2.35. The Bertz CT molecular complexity index is 950. The first-order valence-electron chi connectivity index (χ1n) is 8.86. The van der Waals surface area contributed by atoms with Gasteiger partial charge in [0.15, 0.2) is 5.16 Å². The van der Waals surface area contributed by atoms with Crippen LogP contribution in [0.2, 0.25) is 0 Å². The van der Waals surface area contributed by atoms with Crippen LogP contribution < -0.4 is 10.9 Å². The van der Waals surface area contributed by atoms with Crippen LogP contribution in [0, 0.1) is 0 Å². The van der Waals surface area contributed by atoms with Gasteiger partial charge in [-0.1, -0.05) is 18.7 Å². The van der Waals surface area contributed by atoms with E-state index in [4.69, 9.17) is 4.98 Å². The number of carbonyl (C=O) groups is 2. The van der Waals surface area contributed by atoms with E-state index in [0.717, 1.165) is 35.9 Å². The van der Waals surface area contributed by atoms with Crippen molar-refractivity contribution in [2.75, 3.05) is 18.8 Å². The highest BCUT2D eigenvalue weighted by atomic mass is 32.2. The number of thioether (sulfide) groups is 1. The zero-order chi connectivity index (χ0) is 18.3. The van der Waals surface area contributed by atoms with Crippen molar-refractivity contribution in [2.45, 2.75) is 44.3 Å². The van der Waals surface area contributed by atoms with Gasteiger partial charge in [0.2, 0.25) is 5.91 Å². The van der Waals surface area contributed by atoms with E-state index in [-0.39, 0.29) is 23.3 Å². The van der Waals surface area contributed by atoms with E-state index in [1.54, 1.807) is 15.9 Å². The lowest BCUT2D eigenvalue weighted by atomic mass is 10.2. The van der Waals surface area contributed by atoms with Crippen molar-refractivity contribution in [1.29, 1.82) is 0 Å².